The number of hydrogen-bond donors (Lipinski definition) is 1. The quantitative estimate of drug-likeness (QED) is 0.878. The SMILES string of the molecule is Cc1cc(C)cc(OCCS(=O)(=O)c2ccccc2C(=O)O)c1. The van der Waals surface area contributed by atoms with Crippen LogP contribution in [0.1, 0.15) is 21.5 Å². The molecule has 2 aromatic rings. The van der Waals surface area contributed by atoms with Gasteiger partial charge in [0.1, 0.15) is 12.4 Å². The van der Waals surface area contributed by atoms with Crippen LogP contribution in [-0.4, -0.2) is 31.9 Å². The van der Waals surface area contributed by atoms with Gasteiger partial charge in [0.2, 0.25) is 0 Å². The van der Waals surface area contributed by atoms with Gasteiger partial charge >= 0.3 is 5.97 Å². The van der Waals surface area contributed by atoms with Gasteiger partial charge in [0.15, 0.2) is 9.84 Å². The molecule has 5 nitrogen and oxygen atoms in total. The molecule has 0 saturated heterocycles. The molecule has 1 N–H and O–H groups in total. The molecule has 2 rings (SSSR count). The van der Waals surface area contributed by atoms with Gasteiger partial charge in [-0.15, -0.1) is 0 Å². The predicted octanol–water partition coefficient (Wildman–Crippen LogP) is 2.85. The van der Waals surface area contributed by atoms with E-state index in [0.29, 0.717) is 5.75 Å². The van der Waals surface area contributed by atoms with Crippen molar-refractivity contribution in [1.29, 1.82) is 0 Å². The summed E-state index contributed by atoms with van der Waals surface area (Å²) in [5.41, 5.74) is 1.83. The van der Waals surface area contributed by atoms with E-state index in [2.05, 4.69) is 0 Å². The molecule has 0 bridgehead atoms. The number of rotatable bonds is 6. The molecule has 2 aromatic carbocycles. The van der Waals surface area contributed by atoms with Crippen molar-refractivity contribution in [1.82, 2.24) is 0 Å². The fourth-order valence-electron chi connectivity index (χ4n) is 2.31. The van der Waals surface area contributed by atoms with Crippen molar-refractivity contribution in [3.05, 3.63) is 59.2 Å². The summed E-state index contributed by atoms with van der Waals surface area (Å²) < 4.78 is 30.2. The fraction of sp³-hybridized carbons (Fsp3) is 0.235. The molecule has 0 unspecified atom stereocenters. The molecule has 0 radical (unpaired) electrons. The maximum Gasteiger partial charge on any atom is 0.337 e. The highest BCUT2D eigenvalue weighted by atomic mass is 32.2. The van der Waals surface area contributed by atoms with Crippen molar-refractivity contribution in [2.45, 2.75) is 18.7 Å². The molecular formula is C17H18O5S. The number of carboxylic acids is 1. The third-order valence-electron chi connectivity index (χ3n) is 3.27. The van der Waals surface area contributed by atoms with Crippen molar-refractivity contribution in [3.63, 3.8) is 0 Å². The molecule has 0 aliphatic heterocycles. The average molecular weight is 334 g/mol. The molecule has 0 spiro atoms. The number of carbonyl (C=O) groups is 1. The average Bonchev–Trinajstić information content (AvgIpc) is 2.46. The van der Waals surface area contributed by atoms with Gasteiger partial charge in [0.05, 0.1) is 16.2 Å². The van der Waals surface area contributed by atoms with Gasteiger partial charge in [-0.3, -0.25) is 0 Å². The van der Waals surface area contributed by atoms with E-state index in [1.54, 1.807) is 0 Å². The summed E-state index contributed by atoms with van der Waals surface area (Å²) >= 11 is 0. The van der Waals surface area contributed by atoms with Gasteiger partial charge in [0.25, 0.3) is 0 Å². The van der Waals surface area contributed by atoms with E-state index < -0.39 is 15.8 Å². The lowest BCUT2D eigenvalue weighted by atomic mass is 10.1. The second-order valence-corrected chi connectivity index (χ2v) is 7.37. The lowest BCUT2D eigenvalue weighted by molar-refractivity contribution is 0.0692. The second kappa shape index (κ2) is 6.83. The molecule has 23 heavy (non-hydrogen) atoms. The van der Waals surface area contributed by atoms with Crippen LogP contribution in [0.25, 0.3) is 0 Å². The first kappa shape index (κ1) is 17.0. The van der Waals surface area contributed by atoms with Crippen LogP contribution in [0.5, 0.6) is 5.75 Å². The molecule has 122 valence electrons. The van der Waals surface area contributed by atoms with E-state index in [1.165, 1.54) is 24.3 Å². The van der Waals surface area contributed by atoms with Crippen LogP contribution in [0.2, 0.25) is 0 Å². The van der Waals surface area contributed by atoms with Crippen molar-refractivity contribution in [2.75, 3.05) is 12.4 Å². The molecule has 0 fully saturated rings. The normalized spacial score (nSPS) is 11.2. The number of aryl methyl sites for hydroxylation is 2. The Hall–Kier alpha value is -2.34. The summed E-state index contributed by atoms with van der Waals surface area (Å²) in [6.07, 6.45) is 0. The van der Waals surface area contributed by atoms with Crippen LogP contribution in [0, 0.1) is 13.8 Å². The Morgan fingerprint density at radius 3 is 2.30 bits per heavy atom. The summed E-state index contributed by atoms with van der Waals surface area (Å²) in [6, 6.07) is 11.2. The largest absolute Gasteiger partial charge is 0.493 e. The molecule has 0 aliphatic rings. The highest BCUT2D eigenvalue weighted by Gasteiger charge is 2.21. The van der Waals surface area contributed by atoms with Crippen molar-refractivity contribution < 1.29 is 23.1 Å². The molecule has 0 amide bonds. The zero-order valence-electron chi connectivity index (χ0n) is 12.9. The lowest BCUT2D eigenvalue weighted by Gasteiger charge is -2.10. The van der Waals surface area contributed by atoms with Crippen LogP contribution in [0.4, 0.5) is 0 Å². The molecule has 0 heterocycles. The first-order chi connectivity index (χ1) is 10.8. The number of benzene rings is 2. The molecule has 0 aromatic heterocycles. The Labute approximate surface area is 135 Å². The van der Waals surface area contributed by atoms with Crippen LogP contribution < -0.4 is 4.74 Å². The zero-order chi connectivity index (χ0) is 17.0. The molecule has 6 heteroatoms. The van der Waals surface area contributed by atoms with Gasteiger partial charge in [-0.2, -0.15) is 0 Å². The highest BCUT2D eigenvalue weighted by Crippen LogP contribution is 2.19. The Morgan fingerprint density at radius 1 is 1.09 bits per heavy atom. The number of aromatic carboxylic acids is 1. The van der Waals surface area contributed by atoms with Crippen LogP contribution >= 0.6 is 0 Å². The van der Waals surface area contributed by atoms with Crippen molar-refractivity contribution in [3.8, 4) is 5.75 Å². The van der Waals surface area contributed by atoms with Crippen LogP contribution in [-0.2, 0) is 9.84 Å². The maximum absolute atomic E-state index is 12.3. The highest BCUT2D eigenvalue weighted by molar-refractivity contribution is 7.91. The van der Waals surface area contributed by atoms with Crippen LogP contribution in [0.3, 0.4) is 0 Å². The topological polar surface area (TPSA) is 80.7 Å². The zero-order valence-corrected chi connectivity index (χ0v) is 13.8. The maximum atomic E-state index is 12.3. The van der Waals surface area contributed by atoms with Crippen LogP contribution in [0.15, 0.2) is 47.4 Å². The van der Waals surface area contributed by atoms with E-state index in [1.807, 2.05) is 32.0 Å². The monoisotopic (exact) mass is 334 g/mol. The summed E-state index contributed by atoms with van der Waals surface area (Å²) in [4.78, 5) is 11.0. The third kappa shape index (κ3) is 4.32. The van der Waals surface area contributed by atoms with Crippen molar-refractivity contribution in [2.24, 2.45) is 0 Å². The molecular weight excluding hydrogens is 316 g/mol. The van der Waals surface area contributed by atoms with E-state index in [4.69, 9.17) is 9.84 Å². The van der Waals surface area contributed by atoms with Gasteiger partial charge in [-0.05, 0) is 49.2 Å². The van der Waals surface area contributed by atoms with Gasteiger partial charge in [-0.25, -0.2) is 13.2 Å². The summed E-state index contributed by atoms with van der Waals surface area (Å²) in [5, 5.41) is 9.10. The van der Waals surface area contributed by atoms with E-state index in [0.717, 1.165) is 11.1 Å². The number of sulfone groups is 1. The summed E-state index contributed by atoms with van der Waals surface area (Å²) in [5.74, 6) is -0.951. The Kier molecular flexibility index (Phi) is 5.05. The Bertz CT molecular complexity index is 804. The summed E-state index contributed by atoms with van der Waals surface area (Å²) in [7, 11) is -3.73. The first-order valence-electron chi connectivity index (χ1n) is 7.06. The van der Waals surface area contributed by atoms with Crippen molar-refractivity contribution >= 4 is 15.8 Å². The molecule has 0 atom stereocenters. The number of hydrogen-bond acceptors (Lipinski definition) is 4. The van der Waals surface area contributed by atoms with Gasteiger partial charge in [0, 0.05) is 0 Å². The van der Waals surface area contributed by atoms with E-state index in [9.17, 15) is 13.2 Å². The minimum absolute atomic E-state index is 0.0425. The Morgan fingerprint density at radius 2 is 1.70 bits per heavy atom. The lowest BCUT2D eigenvalue weighted by Crippen LogP contribution is -2.17. The van der Waals surface area contributed by atoms with Gasteiger partial charge in [-0.1, -0.05) is 18.2 Å². The fourth-order valence-corrected chi connectivity index (χ4v) is 3.61. The predicted molar refractivity (Wildman–Crippen MR) is 86.9 cm³/mol. The Balaban J connectivity index is 2.12. The number of ether oxygens (including phenoxy) is 1. The minimum atomic E-state index is -3.73. The first-order valence-corrected chi connectivity index (χ1v) is 8.71. The van der Waals surface area contributed by atoms with Gasteiger partial charge < -0.3 is 9.84 Å². The standard InChI is InChI=1S/C17H18O5S/c1-12-9-13(2)11-14(10-12)22-7-8-23(20,21)16-6-4-3-5-15(16)17(18)19/h3-6,9-11H,7-8H2,1-2H3,(H,18,19). The minimum Gasteiger partial charge on any atom is -0.493 e. The second-order valence-electron chi connectivity index (χ2n) is 5.29. The van der Waals surface area contributed by atoms with E-state index in [-0.39, 0.29) is 22.8 Å². The number of carboxylic acid groups (broad SMARTS) is 1. The smallest absolute Gasteiger partial charge is 0.337 e. The molecule has 0 saturated carbocycles. The molecule has 0 aliphatic carbocycles. The summed E-state index contributed by atoms with van der Waals surface area (Å²) in [6.45, 7) is 3.82. The third-order valence-corrected chi connectivity index (χ3v) is 5.00. The van der Waals surface area contributed by atoms with E-state index >= 15 is 0 Å².